The van der Waals surface area contributed by atoms with E-state index in [1.807, 2.05) is 39.0 Å². The number of carbonyl (C=O) groups excluding carboxylic acids is 1. The van der Waals surface area contributed by atoms with Crippen LogP contribution in [0.25, 0.3) is 5.57 Å². The molecule has 0 bridgehead atoms. The lowest BCUT2D eigenvalue weighted by molar-refractivity contribution is -0.123. The molecule has 1 aliphatic rings. The van der Waals surface area contributed by atoms with E-state index >= 15 is 0 Å². The molecule has 0 spiro atoms. The SMILES string of the molecule is CC/C([C]1[CH][CH][CH][CH]1)=C(\c1ccccc1)c1ccc(NC(=O)C(C)(C)C)cc1. The van der Waals surface area contributed by atoms with Crippen LogP contribution >= 0.6 is 0 Å². The monoisotopic (exact) mass is 370 g/mol. The molecule has 0 atom stereocenters. The zero-order valence-corrected chi connectivity index (χ0v) is 17.1. The number of amides is 1. The predicted molar refractivity (Wildman–Crippen MR) is 118 cm³/mol. The van der Waals surface area contributed by atoms with Crippen molar-refractivity contribution in [3.63, 3.8) is 0 Å². The Labute approximate surface area is 170 Å². The summed E-state index contributed by atoms with van der Waals surface area (Å²) in [5.41, 5.74) is 5.32. The molecule has 28 heavy (non-hydrogen) atoms. The Balaban J connectivity index is 1.98. The number of hydrogen-bond donors (Lipinski definition) is 1. The van der Waals surface area contributed by atoms with Gasteiger partial charge in [0.25, 0.3) is 0 Å². The molecule has 1 N–H and O–H groups in total. The Morgan fingerprint density at radius 2 is 1.43 bits per heavy atom. The standard InChI is InChI=1S/C26H28NO/c1-5-23(19-11-9-10-12-19)24(20-13-7-6-8-14-20)21-15-17-22(18-16-21)27-25(28)26(2,3)4/h6-18H,5H2,1-4H3,(H,27,28)/b24-23-. The first-order chi connectivity index (χ1) is 13.4. The van der Waals surface area contributed by atoms with E-state index in [-0.39, 0.29) is 5.91 Å². The Bertz CT molecular complexity index is 819. The van der Waals surface area contributed by atoms with Crippen molar-refractivity contribution in [1.29, 1.82) is 0 Å². The van der Waals surface area contributed by atoms with Crippen LogP contribution in [0.15, 0.2) is 60.2 Å². The van der Waals surface area contributed by atoms with Crippen molar-refractivity contribution in [2.45, 2.75) is 34.1 Å². The van der Waals surface area contributed by atoms with Gasteiger partial charge in [-0.15, -0.1) is 0 Å². The molecular formula is C26H28NO. The molecule has 2 aromatic rings. The third-order valence-corrected chi connectivity index (χ3v) is 4.84. The molecule has 0 aromatic heterocycles. The van der Waals surface area contributed by atoms with Gasteiger partial charge >= 0.3 is 0 Å². The summed E-state index contributed by atoms with van der Waals surface area (Å²) in [5, 5.41) is 3.00. The molecule has 143 valence electrons. The van der Waals surface area contributed by atoms with E-state index in [1.54, 1.807) is 0 Å². The van der Waals surface area contributed by atoms with Gasteiger partial charge in [-0.3, -0.25) is 4.79 Å². The van der Waals surface area contributed by atoms with E-state index < -0.39 is 5.41 Å². The second-order valence-electron chi connectivity index (χ2n) is 8.03. The first-order valence-corrected chi connectivity index (χ1v) is 9.82. The summed E-state index contributed by atoms with van der Waals surface area (Å²) in [6.07, 6.45) is 9.44. The molecule has 3 rings (SSSR count). The molecule has 5 radical (unpaired) electrons. The third-order valence-electron chi connectivity index (χ3n) is 4.84. The molecule has 2 aromatic carbocycles. The maximum atomic E-state index is 12.3. The Morgan fingerprint density at radius 1 is 0.857 bits per heavy atom. The average Bonchev–Trinajstić information content (AvgIpc) is 3.21. The average molecular weight is 371 g/mol. The Kier molecular flexibility index (Phi) is 6.39. The second kappa shape index (κ2) is 8.77. The first-order valence-electron chi connectivity index (χ1n) is 9.82. The van der Waals surface area contributed by atoms with Gasteiger partial charge in [-0.05, 0) is 60.9 Å². The van der Waals surface area contributed by atoms with E-state index in [2.05, 4.69) is 74.3 Å². The van der Waals surface area contributed by atoms with Gasteiger partial charge in [-0.1, -0.05) is 75.7 Å². The molecule has 1 saturated carbocycles. The number of rotatable bonds is 5. The fourth-order valence-corrected chi connectivity index (χ4v) is 3.26. The van der Waals surface area contributed by atoms with Crippen LogP contribution in [0, 0.1) is 37.0 Å². The van der Waals surface area contributed by atoms with Gasteiger partial charge < -0.3 is 5.32 Å². The highest BCUT2D eigenvalue weighted by molar-refractivity contribution is 5.95. The van der Waals surface area contributed by atoms with E-state index in [1.165, 1.54) is 22.6 Å². The molecule has 0 aliphatic heterocycles. The Morgan fingerprint density at radius 3 is 1.96 bits per heavy atom. The minimum Gasteiger partial charge on any atom is -0.326 e. The van der Waals surface area contributed by atoms with E-state index in [0.29, 0.717) is 0 Å². The number of anilines is 1. The fraction of sp³-hybridized carbons (Fsp3) is 0.231. The quantitative estimate of drug-likeness (QED) is 0.658. The molecule has 1 amide bonds. The zero-order chi connectivity index (χ0) is 20.1. The van der Waals surface area contributed by atoms with Gasteiger partial charge in [0.05, 0.1) is 0 Å². The highest BCUT2D eigenvalue weighted by Gasteiger charge is 2.24. The molecule has 2 heteroatoms. The smallest absolute Gasteiger partial charge is 0.229 e. The van der Waals surface area contributed by atoms with E-state index in [4.69, 9.17) is 0 Å². The fourth-order valence-electron chi connectivity index (χ4n) is 3.26. The number of hydrogen-bond acceptors (Lipinski definition) is 1. The van der Waals surface area contributed by atoms with Crippen molar-refractivity contribution in [2.75, 3.05) is 5.32 Å². The van der Waals surface area contributed by atoms with Gasteiger partial charge in [0.1, 0.15) is 0 Å². The highest BCUT2D eigenvalue weighted by atomic mass is 16.2. The largest absolute Gasteiger partial charge is 0.326 e. The van der Waals surface area contributed by atoms with Crippen LogP contribution in [0.2, 0.25) is 0 Å². The molecule has 1 fully saturated rings. The molecule has 0 unspecified atom stereocenters. The molecular weight excluding hydrogens is 342 g/mol. The van der Waals surface area contributed by atoms with Gasteiger partial charge in [0.2, 0.25) is 5.91 Å². The summed E-state index contributed by atoms with van der Waals surface area (Å²) in [6.45, 7) is 7.95. The van der Waals surface area contributed by atoms with Gasteiger partial charge in [0, 0.05) is 17.0 Å². The molecule has 0 saturated heterocycles. The summed E-state index contributed by atoms with van der Waals surface area (Å²) >= 11 is 0. The van der Waals surface area contributed by atoms with Gasteiger partial charge in [-0.2, -0.15) is 0 Å². The van der Waals surface area contributed by atoms with Crippen LogP contribution < -0.4 is 5.32 Å². The van der Waals surface area contributed by atoms with Crippen molar-refractivity contribution >= 4 is 17.2 Å². The van der Waals surface area contributed by atoms with E-state index in [9.17, 15) is 4.79 Å². The van der Waals surface area contributed by atoms with Crippen LogP contribution in [0.3, 0.4) is 0 Å². The molecule has 1 aliphatic carbocycles. The van der Waals surface area contributed by atoms with Crippen molar-refractivity contribution in [1.82, 2.24) is 0 Å². The maximum Gasteiger partial charge on any atom is 0.229 e. The number of benzene rings is 2. The lowest BCUT2D eigenvalue weighted by Crippen LogP contribution is -2.27. The minimum atomic E-state index is -0.416. The summed E-state index contributed by atoms with van der Waals surface area (Å²) in [4.78, 5) is 12.3. The van der Waals surface area contributed by atoms with Crippen LogP contribution in [0.1, 0.15) is 45.2 Å². The topological polar surface area (TPSA) is 29.1 Å². The second-order valence-corrected chi connectivity index (χ2v) is 8.03. The number of carbonyl (C=O) groups is 1. The molecule has 2 nitrogen and oxygen atoms in total. The van der Waals surface area contributed by atoms with Crippen LogP contribution in [0.4, 0.5) is 5.69 Å². The highest BCUT2D eigenvalue weighted by Crippen LogP contribution is 2.39. The summed E-state index contributed by atoms with van der Waals surface area (Å²) < 4.78 is 0. The van der Waals surface area contributed by atoms with Crippen molar-refractivity contribution in [3.8, 4) is 0 Å². The first kappa shape index (κ1) is 20.4. The number of nitrogens with one attached hydrogen (secondary N) is 1. The Hall–Kier alpha value is -2.35. The normalized spacial score (nSPS) is 16.0. The van der Waals surface area contributed by atoms with Crippen molar-refractivity contribution < 1.29 is 4.79 Å². The summed E-state index contributed by atoms with van der Waals surface area (Å²) in [6, 6.07) is 18.7. The minimum absolute atomic E-state index is 0.0186. The maximum absolute atomic E-state index is 12.3. The van der Waals surface area contributed by atoms with Crippen LogP contribution in [-0.4, -0.2) is 5.91 Å². The molecule has 0 heterocycles. The third kappa shape index (κ3) is 4.73. The zero-order valence-electron chi connectivity index (χ0n) is 17.1. The van der Waals surface area contributed by atoms with E-state index in [0.717, 1.165) is 17.7 Å². The van der Waals surface area contributed by atoms with Crippen molar-refractivity contribution in [3.05, 3.63) is 103 Å². The predicted octanol–water partition coefficient (Wildman–Crippen LogP) is 6.29. The van der Waals surface area contributed by atoms with Crippen LogP contribution in [0.5, 0.6) is 0 Å². The summed E-state index contributed by atoms with van der Waals surface area (Å²) in [7, 11) is 0. The van der Waals surface area contributed by atoms with Gasteiger partial charge in [-0.25, -0.2) is 0 Å². The van der Waals surface area contributed by atoms with Gasteiger partial charge in [0.15, 0.2) is 0 Å². The lowest BCUT2D eigenvalue weighted by Gasteiger charge is -2.21. The summed E-state index contributed by atoms with van der Waals surface area (Å²) in [5.74, 6) is 1.27. The number of allylic oxidation sites excluding steroid dienone is 1. The van der Waals surface area contributed by atoms with Crippen LogP contribution in [-0.2, 0) is 4.79 Å². The lowest BCUT2D eigenvalue weighted by atomic mass is 9.84. The van der Waals surface area contributed by atoms with Crippen molar-refractivity contribution in [2.24, 2.45) is 5.41 Å².